The monoisotopic (exact) mass is 276 g/mol. The van der Waals surface area contributed by atoms with Crippen molar-refractivity contribution in [3.05, 3.63) is 47.6 Å². The zero-order chi connectivity index (χ0) is 14.5. The van der Waals surface area contributed by atoms with Crippen LogP contribution in [-0.2, 0) is 0 Å². The van der Waals surface area contributed by atoms with Gasteiger partial charge in [0.05, 0.1) is 5.69 Å². The Bertz CT molecular complexity index is 578. The van der Waals surface area contributed by atoms with Crippen molar-refractivity contribution in [2.24, 2.45) is 0 Å². The van der Waals surface area contributed by atoms with E-state index in [9.17, 15) is 9.18 Å². The van der Waals surface area contributed by atoms with Gasteiger partial charge < -0.3 is 4.42 Å². The molecule has 4 nitrogen and oxygen atoms in total. The number of aromatic nitrogens is 1. The fraction of sp³-hybridized carbons (Fsp3) is 0.333. The molecule has 20 heavy (non-hydrogen) atoms. The molecule has 0 unspecified atom stereocenters. The molecule has 0 aliphatic carbocycles. The van der Waals surface area contributed by atoms with Gasteiger partial charge in [0, 0.05) is 12.1 Å². The molecule has 2 aromatic rings. The summed E-state index contributed by atoms with van der Waals surface area (Å²) in [5.74, 6) is -0.603. The van der Waals surface area contributed by atoms with Crippen molar-refractivity contribution in [2.45, 2.75) is 26.7 Å². The summed E-state index contributed by atoms with van der Waals surface area (Å²) in [6.07, 6.45) is 3.30. The highest BCUT2D eigenvalue weighted by atomic mass is 19.1. The van der Waals surface area contributed by atoms with E-state index in [4.69, 9.17) is 4.42 Å². The Morgan fingerprint density at radius 3 is 2.60 bits per heavy atom. The molecule has 0 aliphatic rings. The Morgan fingerprint density at radius 2 is 2.05 bits per heavy atom. The summed E-state index contributed by atoms with van der Waals surface area (Å²) >= 11 is 0. The summed E-state index contributed by atoms with van der Waals surface area (Å²) in [6.45, 7) is 4.36. The van der Waals surface area contributed by atoms with Gasteiger partial charge in [-0.25, -0.2) is 4.39 Å². The summed E-state index contributed by atoms with van der Waals surface area (Å²) in [7, 11) is 0. The van der Waals surface area contributed by atoms with Crippen molar-refractivity contribution in [3.63, 3.8) is 0 Å². The number of oxazole rings is 1. The van der Waals surface area contributed by atoms with Crippen LogP contribution in [0.5, 0.6) is 0 Å². The van der Waals surface area contributed by atoms with Crippen LogP contribution in [-0.4, -0.2) is 17.4 Å². The van der Waals surface area contributed by atoms with E-state index in [1.54, 1.807) is 6.92 Å². The van der Waals surface area contributed by atoms with Crippen molar-refractivity contribution in [2.75, 3.05) is 11.4 Å². The van der Waals surface area contributed by atoms with Gasteiger partial charge in [0.2, 0.25) is 0 Å². The van der Waals surface area contributed by atoms with Gasteiger partial charge in [0.1, 0.15) is 12.1 Å². The van der Waals surface area contributed by atoms with Crippen molar-refractivity contribution in [3.8, 4) is 0 Å². The number of amides is 1. The van der Waals surface area contributed by atoms with Crippen LogP contribution in [0.1, 0.15) is 35.8 Å². The molecule has 1 heterocycles. The average molecular weight is 276 g/mol. The molecule has 0 saturated carbocycles. The SMILES string of the molecule is CCCCN(C(=O)c1ccc(F)cc1)c1nc(C)co1. The van der Waals surface area contributed by atoms with E-state index in [0.717, 1.165) is 12.8 Å². The summed E-state index contributed by atoms with van der Waals surface area (Å²) in [6, 6.07) is 5.75. The van der Waals surface area contributed by atoms with Crippen LogP contribution >= 0.6 is 0 Å². The molecule has 1 aromatic heterocycles. The van der Waals surface area contributed by atoms with Crippen LogP contribution in [0.4, 0.5) is 10.4 Å². The van der Waals surface area contributed by atoms with Crippen molar-refractivity contribution in [1.29, 1.82) is 0 Å². The highest BCUT2D eigenvalue weighted by Gasteiger charge is 2.21. The zero-order valence-corrected chi connectivity index (χ0v) is 11.6. The van der Waals surface area contributed by atoms with Crippen molar-refractivity contribution in [1.82, 2.24) is 4.98 Å². The average Bonchev–Trinajstić information content (AvgIpc) is 2.86. The van der Waals surface area contributed by atoms with E-state index in [0.29, 0.717) is 17.8 Å². The summed E-state index contributed by atoms with van der Waals surface area (Å²) in [4.78, 5) is 18.2. The van der Waals surface area contributed by atoms with E-state index in [-0.39, 0.29) is 17.7 Å². The molecule has 0 radical (unpaired) electrons. The maximum atomic E-state index is 12.9. The first-order valence-corrected chi connectivity index (χ1v) is 6.61. The standard InChI is InChI=1S/C15H17FN2O2/c1-3-4-9-18(15-17-11(2)10-20-15)14(19)12-5-7-13(16)8-6-12/h5-8,10H,3-4,9H2,1-2H3. The zero-order valence-electron chi connectivity index (χ0n) is 11.6. The Balaban J connectivity index is 2.26. The Hall–Kier alpha value is -2.17. The van der Waals surface area contributed by atoms with E-state index in [1.165, 1.54) is 35.4 Å². The van der Waals surface area contributed by atoms with Gasteiger partial charge in [-0.3, -0.25) is 9.69 Å². The van der Waals surface area contributed by atoms with Crippen LogP contribution < -0.4 is 4.90 Å². The normalized spacial score (nSPS) is 10.6. The molecule has 0 bridgehead atoms. The van der Waals surface area contributed by atoms with Gasteiger partial charge >= 0.3 is 6.01 Å². The third kappa shape index (κ3) is 3.23. The summed E-state index contributed by atoms with van der Waals surface area (Å²) in [5.41, 5.74) is 1.13. The number of carbonyl (C=O) groups is 1. The topological polar surface area (TPSA) is 46.3 Å². The fourth-order valence-electron chi connectivity index (χ4n) is 1.81. The first kappa shape index (κ1) is 14.2. The van der Waals surface area contributed by atoms with Crippen LogP contribution in [0.2, 0.25) is 0 Å². The number of hydrogen-bond acceptors (Lipinski definition) is 3. The third-order valence-corrected chi connectivity index (χ3v) is 2.91. The molecule has 1 aromatic carbocycles. The van der Waals surface area contributed by atoms with E-state index < -0.39 is 0 Å². The molecular formula is C15H17FN2O2. The van der Waals surface area contributed by atoms with E-state index >= 15 is 0 Å². The quantitative estimate of drug-likeness (QED) is 0.838. The molecule has 106 valence electrons. The van der Waals surface area contributed by atoms with Gasteiger partial charge in [0.25, 0.3) is 5.91 Å². The highest BCUT2D eigenvalue weighted by Crippen LogP contribution is 2.17. The fourth-order valence-corrected chi connectivity index (χ4v) is 1.81. The number of carbonyl (C=O) groups excluding carboxylic acids is 1. The number of rotatable bonds is 5. The second-order valence-corrected chi connectivity index (χ2v) is 4.59. The minimum absolute atomic E-state index is 0.236. The first-order chi connectivity index (χ1) is 9.61. The van der Waals surface area contributed by atoms with Crippen LogP contribution in [0.15, 0.2) is 34.9 Å². The van der Waals surface area contributed by atoms with Gasteiger partial charge in [-0.2, -0.15) is 4.98 Å². The van der Waals surface area contributed by atoms with E-state index in [1.807, 2.05) is 6.92 Å². The minimum Gasteiger partial charge on any atom is -0.431 e. The molecular weight excluding hydrogens is 259 g/mol. The molecule has 0 fully saturated rings. The molecule has 0 N–H and O–H groups in total. The lowest BCUT2D eigenvalue weighted by Gasteiger charge is -2.18. The number of halogens is 1. The third-order valence-electron chi connectivity index (χ3n) is 2.91. The highest BCUT2D eigenvalue weighted by molar-refractivity contribution is 6.04. The number of unbranched alkanes of at least 4 members (excludes halogenated alkanes) is 1. The maximum absolute atomic E-state index is 12.9. The van der Waals surface area contributed by atoms with Gasteiger partial charge in [-0.05, 0) is 37.6 Å². The van der Waals surface area contributed by atoms with Crippen LogP contribution in [0, 0.1) is 12.7 Å². The molecule has 1 amide bonds. The molecule has 5 heteroatoms. The Morgan fingerprint density at radius 1 is 1.35 bits per heavy atom. The van der Waals surface area contributed by atoms with Crippen LogP contribution in [0.3, 0.4) is 0 Å². The van der Waals surface area contributed by atoms with Gasteiger partial charge in [-0.1, -0.05) is 13.3 Å². The second-order valence-electron chi connectivity index (χ2n) is 4.59. The number of nitrogens with zero attached hydrogens (tertiary/aromatic N) is 2. The molecule has 0 aliphatic heterocycles. The van der Waals surface area contributed by atoms with Crippen molar-refractivity contribution < 1.29 is 13.6 Å². The molecule has 2 rings (SSSR count). The van der Waals surface area contributed by atoms with Gasteiger partial charge in [-0.15, -0.1) is 0 Å². The molecule has 0 spiro atoms. The Labute approximate surface area is 117 Å². The minimum atomic E-state index is -0.367. The lowest BCUT2D eigenvalue weighted by molar-refractivity contribution is 0.0981. The number of anilines is 1. The number of benzene rings is 1. The first-order valence-electron chi connectivity index (χ1n) is 6.61. The lowest BCUT2D eigenvalue weighted by Crippen LogP contribution is -2.32. The van der Waals surface area contributed by atoms with E-state index in [2.05, 4.69) is 4.98 Å². The Kier molecular flexibility index (Phi) is 4.50. The number of hydrogen-bond donors (Lipinski definition) is 0. The van der Waals surface area contributed by atoms with Crippen LogP contribution in [0.25, 0.3) is 0 Å². The van der Waals surface area contributed by atoms with Gasteiger partial charge in [0.15, 0.2) is 0 Å². The lowest BCUT2D eigenvalue weighted by atomic mass is 10.2. The molecule has 0 saturated heterocycles. The smallest absolute Gasteiger partial charge is 0.304 e. The summed E-state index contributed by atoms with van der Waals surface area (Å²) < 4.78 is 18.2. The van der Waals surface area contributed by atoms with Crippen molar-refractivity contribution >= 4 is 11.9 Å². The molecule has 0 atom stereocenters. The predicted octanol–water partition coefficient (Wildman–Crippen LogP) is 3.57. The number of aryl methyl sites for hydroxylation is 1. The summed E-state index contributed by atoms with van der Waals surface area (Å²) in [5, 5.41) is 0. The second kappa shape index (κ2) is 6.32. The maximum Gasteiger partial charge on any atom is 0.304 e. The largest absolute Gasteiger partial charge is 0.431 e. The predicted molar refractivity (Wildman–Crippen MR) is 74.2 cm³/mol.